The van der Waals surface area contributed by atoms with E-state index in [9.17, 15) is 14.4 Å². The van der Waals surface area contributed by atoms with E-state index in [1.54, 1.807) is 13.8 Å². The lowest BCUT2D eigenvalue weighted by Gasteiger charge is -2.10. The van der Waals surface area contributed by atoms with E-state index < -0.39 is 11.7 Å². The second kappa shape index (κ2) is 8.66. The number of carbonyl (C=O) groups excluding carboxylic acids is 2. The zero-order chi connectivity index (χ0) is 19.3. The summed E-state index contributed by atoms with van der Waals surface area (Å²) in [5.41, 5.74) is 2.87. The first-order valence-corrected chi connectivity index (χ1v) is 9.08. The lowest BCUT2D eigenvalue weighted by molar-refractivity contribution is -0.113. The van der Waals surface area contributed by atoms with Crippen molar-refractivity contribution < 1.29 is 14.3 Å². The van der Waals surface area contributed by atoms with Crippen LogP contribution in [0.15, 0.2) is 28.0 Å². The van der Waals surface area contributed by atoms with Crippen LogP contribution in [0.4, 0.5) is 5.69 Å². The van der Waals surface area contributed by atoms with Gasteiger partial charge in [0.15, 0.2) is 0 Å². The van der Waals surface area contributed by atoms with Crippen LogP contribution in [0.3, 0.4) is 0 Å². The first kappa shape index (κ1) is 19.7. The zero-order valence-corrected chi connectivity index (χ0v) is 16.0. The highest BCUT2D eigenvalue weighted by Crippen LogP contribution is 2.22. The number of nitrogens with zero attached hydrogens (tertiary/aromatic N) is 1. The van der Waals surface area contributed by atoms with E-state index in [1.807, 2.05) is 32.0 Å². The van der Waals surface area contributed by atoms with Gasteiger partial charge in [-0.05, 0) is 51.0 Å². The molecule has 0 unspecified atom stereocenters. The second-order valence-corrected chi connectivity index (χ2v) is 6.67. The number of carbonyl (C=O) groups is 2. The minimum atomic E-state index is -0.578. The summed E-state index contributed by atoms with van der Waals surface area (Å²) in [6.07, 6.45) is 0. The number of rotatable bonds is 6. The molecule has 0 bridgehead atoms. The third-order valence-electron chi connectivity index (χ3n) is 3.70. The molecule has 0 saturated carbocycles. The highest BCUT2D eigenvalue weighted by atomic mass is 32.2. The third-order valence-corrected chi connectivity index (χ3v) is 4.67. The summed E-state index contributed by atoms with van der Waals surface area (Å²) in [5.74, 6) is -0.825. The van der Waals surface area contributed by atoms with Gasteiger partial charge in [0.2, 0.25) is 5.91 Å². The summed E-state index contributed by atoms with van der Waals surface area (Å²) in [4.78, 5) is 42.2. The van der Waals surface area contributed by atoms with Crippen LogP contribution in [0, 0.1) is 20.8 Å². The molecule has 0 aliphatic heterocycles. The molecule has 0 saturated heterocycles. The fraction of sp³-hybridized carbons (Fsp3) is 0.333. The van der Waals surface area contributed by atoms with E-state index in [2.05, 4.69) is 15.3 Å². The summed E-state index contributed by atoms with van der Waals surface area (Å²) in [6.45, 7) is 7.45. The monoisotopic (exact) mass is 375 g/mol. The van der Waals surface area contributed by atoms with Crippen LogP contribution in [0.1, 0.15) is 34.1 Å². The van der Waals surface area contributed by atoms with Crippen LogP contribution in [0.2, 0.25) is 0 Å². The van der Waals surface area contributed by atoms with Gasteiger partial charge in [0.1, 0.15) is 10.6 Å². The van der Waals surface area contributed by atoms with Gasteiger partial charge in [-0.3, -0.25) is 4.79 Å². The summed E-state index contributed by atoms with van der Waals surface area (Å²) < 4.78 is 5.00. The number of benzene rings is 1. The van der Waals surface area contributed by atoms with E-state index in [4.69, 9.17) is 4.74 Å². The van der Waals surface area contributed by atoms with E-state index in [0.717, 1.165) is 22.9 Å². The van der Waals surface area contributed by atoms with Crippen molar-refractivity contribution in [2.24, 2.45) is 0 Å². The quantitative estimate of drug-likeness (QED) is 0.457. The van der Waals surface area contributed by atoms with Crippen LogP contribution in [0.25, 0.3) is 0 Å². The number of aromatic nitrogens is 2. The Kier molecular flexibility index (Phi) is 6.57. The average Bonchev–Trinajstić information content (AvgIpc) is 2.56. The van der Waals surface area contributed by atoms with E-state index in [1.165, 1.54) is 0 Å². The predicted octanol–water partition coefficient (Wildman–Crippen LogP) is 2.60. The van der Waals surface area contributed by atoms with E-state index in [-0.39, 0.29) is 28.9 Å². The Morgan fingerprint density at radius 1 is 1.23 bits per heavy atom. The maximum atomic E-state index is 12.2. The van der Waals surface area contributed by atoms with Crippen molar-refractivity contribution in [3.8, 4) is 0 Å². The smallest absolute Gasteiger partial charge is 0.346 e. The highest BCUT2D eigenvalue weighted by Gasteiger charge is 2.20. The first-order valence-electron chi connectivity index (χ1n) is 8.09. The molecule has 2 aromatic rings. The minimum absolute atomic E-state index is 0.00915. The summed E-state index contributed by atoms with van der Waals surface area (Å²) in [6, 6.07) is 5.64. The Bertz CT molecular complexity index is 892. The lowest BCUT2D eigenvalue weighted by Crippen LogP contribution is -2.21. The Balaban J connectivity index is 2.12. The van der Waals surface area contributed by atoms with Crippen molar-refractivity contribution in [3.63, 3.8) is 0 Å². The van der Waals surface area contributed by atoms with E-state index >= 15 is 0 Å². The van der Waals surface area contributed by atoms with Gasteiger partial charge in [0, 0.05) is 11.4 Å². The SMILES string of the molecule is CCOC(=O)c1c(SCC(=O)Nc2ccc(C)c(C)c2)nc(=O)[nH]c1C. The largest absolute Gasteiger partial charge is 0.462 e. The molecule has 1 aromatic heterocycles. The molecule has 0 aliphatic rings. The average molecular weight is 375 g/mol. The van der Waals surface area contributed by atoms with Crippen molar-refractivity contribution in [2.45, 2.75) is 32.7 Å². The number of hydrogen-bond acceptors (Lipinski definition) is 6. The number of esters is 1. The van der Waals surface area contributed by atoms with Gasteiger partial charge in [0.25, 0.3) is 0 Å². The summed E-state index contributed by atoms with van der Waals surface area (Å²) >= 11 is 1.02. The van der Waals surface area contributed by atoms with Gasteiger partial charge in [-0.1, -0.05) is 17.8 Å². The number of aryl methyl sites for hydroxylation is 3. The summed E-state index contributed by atoms with van der Waals surface area (Å²) in [7, 11) is 0. The molecule has 0 atom stereocenters. The summed E-state index contributed by atoms with van der Waals surface area (Å²) in [5, 5.41) is 2.97. The molecule has 8 heteroatoms. The number of H-pyrrole nitrogens is 1. The molecule has 138 valence electrons. The minimum Gasteiger partial charge on any atom is -0.462 e. The van der Waals surface area contributed by atoms with Gasteiger partial charge in [0.05, 0.1) is 12.4 Å². The molecule has 7 nitrogen and oxygen atoms in total. The number of aromatic amines is 1. The molecule has 0 spiro atoms. The van der Waals surface area contributed by atoms with Gasteiger partial charge < -0.3 is 15.0 Å². The van der Waals surface area contributed by atoms with Crippen LogP contribution in [-0.4, -0.2) is 34.2 Å². The number of hydrogen-bond donors (Lipinski definition) is 2. The number of thioether (sulfide) groups is 1. The normalized spacial score (nSPS) is 10.5. The number of amides is 1. The maximum absolute atomic E-state index is 12.2. The Labute approximate surface area is 155 Å². The Hall–Kier alpha value is -2.61. The topological polar surface area (TPSA) is 101 Å². The molecule has 1 heterocycles. The van der Waals surface area contributed by atoms with Gasteiger partial charge >= 0.3 is 11.7 Å². The molecule has 1 aromatic carbocycles. The van der Waals surface area contributed by atoms with Crippen molar-refractivity contribution in [3.05, 3.63) is 51.1 Å². The molecule has 0 radical (unpaired) electrons. The molecule has 1 amide bonds. The Morgan fingerprint density at radius 3 is 2.62 bits per heavy atom. The van der Waals surface area contributed by atoms with E-state index in [0.29, 0.717) is 11.4 Å². The van der Waals surface area contributed by atoms with Crippen molar-refractivity contribution in [2.75, 3.05) is 17.7 Å². The van der Waals surface area contributed by atoms with Gasteiger partial charge in [-0.25, -0.2) is 9.59 Å². The van der Waals surface area contributed by atoms with Crippen molar-refractivity contribution in [1.82, 2.24) is 9.97 Å². The molecular formula is C18H21N3O4S. The lowest BCUT2D eigenvalue weighted by atomic mass is 10.1. The number of anilines is 1. The maximum Gasteiger partial charge on any atom is 0.346 e. The fourth-order valence-electron chi connectivity index (χ4n) is 2.26. The third kappa shape index (κ3) is 4.95. The predicted molar refractivity (Wildman–Crippen MR) is 101 cm³/mol. The molecule has 2 rings (SSSR count). The van der Waals surface area contributed by atoms with Gasteiger partial charge in [-0.2, -0.15) is 4.98 Å². The Morgan fingerprint density at radius 2 is 1.96 bits per heavy atom. The van der Waals surface area contributed by atoms with Crippen molar-refractivity contribution >= 4 is 29.3 Å². The molecule has 0 fully saturated rings. The molecule has 2 N–H and O–H groups in total. The highest BCUT2D eigenvalue weighted by molar-refractivity contribution is 8.00. The molecule has 0 aliphatic carbocycles. The van der Waals surface area contributed by atoms with Gasteiger partial charge in [-0.15, -0.1) is 0 Å². The van der Waals surface area contributed by atoms with Crippen molar-refractivity contribution in [1.29, 1.82) is 0 Å². The first-order chi connectivity index (χ1) is 12.3. The number of nitrogens with one attached hydrogen (secondary N) is 2. The second-order valence-electron chi connectivity index (χ2n) is 5.70. The van der Waals surface area contributed by atoms with Crippen LogP contribution < -0.4 is 11.0 Å². The fourth-order valence-corrected chi connectivity index (χ4v) is 3.13. The molecule has 26 heavy (non-hydrogen) atoms. The molecular weight excluding hydrogens is 354 g/mol. The standard InChI is InChI=1S/C18H21N3O4S/c1-5-25-17(23)15-12(4)19-18(24)21-16(15)26-9-14(22)20-13-7-6-10(2)11(3)8-13/h6-8H,5,9H2,1-4H3,(H,20,22)(H,19,21,24). The van der Waals surface area contributed by atoms with Crippen LogP contribution >= 0.6 is 11.8 Å². The van der Waals surface area contributed by atoms with Crippen LogP contribution in [-0.2, 0) is 9.53 Å². The van der Waals surface area contributed by atoms with Crippen LogP contribution in [0.5, 0.6) is 0 Å². The zero-order valence-electron chi connectivity index (χ0n) is 15.1. The number of ether oxygens (including phenoxy) is 1.